The molecule has 0 radical (unpaired) electrons. The number of aryl methyl sites for hydroxylation is 1. The summed E-state index contributed by atoms with van der Waals surface area (Å²) in [5, 5.41) is 0. The second-order valence-corrected chi connectivity index (χ2v) is 3.34. The Morgan fingerprint density at radius 3 is 2.75 bits per heavy atom. The molecule has 1 heterocycles. The molecule has 0 atom stereocenters. The summed E-state index contributed by atoms with van der Waals surface area (Å²) in [4.78, 5) is 8.38. The van der Waals surface area contributed by atoms with Crippen molar-refractivity contribution < 1.29 is 9.47 Å². The van der Waals surface area contributed by atoms with Crippen molar-refractivity contribution in [1.29, 1.82) is 0 Å². The second-order valence-electron chi connectivity index (χ2n) is 3.34. The normalized spacial score (nSPS) is 10.4. The summed E-state index contributed by atoms with van der Waals surface area (Å²) in [6, 6.07) is 1.63. The molecule has 1 aromatic rings. The van der Waals surface area contributed by atoms with Gasteiger partial charge in [-0.2, -0.15) is 4.98 Å². The van der Waals surface area contributed by atoms with Crippen LogP contribution in [0.15, 0.2) is 6.07 Å². The highest BCUT2D eigenvalue weighted by Crippen LogP contribution is 2.11. The van der Waals surface area contributed by atoms with Crippen molar-refractivity contribution in [3.63, 3.8) is 0 Å². The fourth-order valence-corrected chi connectivity index (χ4v) is 1.25. The van der Waals surface area contributed by atoms with Crippen LogP contribution in [0.25, 0.3) is 0 Å². The van der Waals surface area contributed by atoms with E-state index in [0.717, 1.165) is 18.7 Å². The largest absolute Gasteiger partial charge is 0.475 e. The first kappa shape index (κ1) is 12.7. The highest BCUT2D eigenvalue weighted by Gasteiger charge is 2.02. The Balaban J connectivity index is 2.51. The van der Waals surface area contributed by atoms with Crippen molar-refractivity contribution in [2.75, 3.05) is 25.6 Å². The Bertz CT molecular complexity index is 318. The predicted molar refractivity (Wildman–Crippen MR) is 62.4 cm³/mol. The molecule has 5 heteroatoms. The topological polar surface area (TPSA) is 70.3 Å². The summed E-state index contributed by atoms with van der Waals surface area (Å²) < 4.78 is 10.6. The number of ether oxygens (including phenoxy) is 2. The third-order valence-corrected chi connectivity index (χ3v) is 1.92. The van der Waals surface area contributed by atoms with Gasteiger partial charge in [0.05, 0.1) is 6.61 Å². The van der Waals surface area contributed by atoms with E-state index in [2.05, 4.69) is 16.9 Å². The van der Waals surface area contributed by atoms with E-state index in [9.17, 15) is 0 Å². The van der Waals surface area contributed by atoms with Gasteiger partial charge >= 0.3 is 0 Å². The number of hydrogen-bond acceptors (Lipinski definition) is 5. The molecule has 0 aliphatic rings. The summed E-state index contributed by atoms with van der Waals surface area (Å²) in [5.41, 5.74) is 5.66. The molecule has 0 aliphatic heterocycles. The number of hydrogen-bond donors (Lipinski definition) is 1. The average molecular weight is 225 g/mol. The molecule has 16 heavy (non-hydrogen) atoms. The van der Waals surface area contributed by atoms with Gasteiger partial charge in [-0.25, -0.2) is 4.98 Å². The van der Waals surface area contributed by atoms with Crippen LogP contribution in [0.5, 0.6) is 5.88 Å². The summed E-state index contributed by atoms with van der Waals surface area (Å²) in [6.45, 7) is 5.75. The first-order valence-corrected chi connectivity index (χ1v) is 5.60. The fourth-order valence-electron chi connectivity index (χ4n) is 1.25. The predicted octanol–water partition coefficient (Wildman–Crippen LogP) is 1.43. The lowest BCUT2D eigenvalue weighted by Gasteiger charge is -2.07. The van der Waals surface area contributed by atoms with Crippen LogP contribution in [-0.2, 0) is 11.2 Å². The maximum atomic E-state index is 5.66. The molecule has 90 valence electrons. The monoisotopic (exact) mass is 225 g/mol. The summed E-state index contributed by atoms with van der Waals surface area (Å²) in [5.74, 6) is 1.70. The first-order chi connectivity index (χ1) is 7.76. The number of nitrogens with two attached hydrogens (primary N) is 1. The van der Waals surface area contributed by atoms with E-state index in [1.54, 1.807) is 6.07 Å². The average Bonchev–Trinajstić information content (AvgIpc) is 2.24. The molecule has 0 saturated carbocycles. The molecule has 0 saturated heterocycles. The zero-order chi connectivity index (χ0) is 11.8. The molecule has 1 aromatic heterocycles. The minimum Gasteiger partial charge on any atom is -0.475 e. The van der Waals surface area contributed by atoms with Crippen LogP contribution in [0, 0.1) is 0 Å². The highest BCUT2D eigenvalue weighted by atomic mass is 16.5. The van der Waals surface area contributed by atoms with Crippen molar-refractivity contribution in [2.24, 2.45) is 0 Å². The fraction of sp³-hybridized carbons (Fsp3) is 0.636. The van der Waals surface area contributed by atoms with Crippen LogP contribution in [0.4, 0.5) is 5.82 Å². The van der Waals surface area contributed by atoms with Gasteiger partial charge in [-0.3, -0.25) is 0 Å². The van der Waals surface area contributed by atoms with E-state index < -0.39 is 0 Å². The first-order valence-electron chi connectivity index (χ1n) is 5.60. The molecule has 1 rings (SSSR count). The summed E-state index contributed by atoms with van der Waals surface area (Å²) >= 11 is 0. The second kappa shape index (κ2) is 7.00. The molecule has 0 fully saturated rings. The highest BCUT2D eigenvalue weighted by molar-refractivity contribution is 5.32. The molecular formula is C11H19N3O2. The Hall–Kier alpha value is -1.36. The molecule has 0 aliphatic carbocycles. The lowest BCUT2D eigenvalue weighted by molar-refractivity contribution is 0.108. The molecule has 0 bridgehead atoms. The summed E-state index contributed by atoms with van der Waals surface area (Å²) in [6.07, 6.45) is 1.80. The van der Waals surface area contributed by atoms with E-state index in [1.807, 2.05) is 6.92 Å². The van der Waals surface area contributed by atoms with Crippen LogP contribution in [-0.4, -0.2) is 29.8 Å². The van der Waals surface area contributed by atoms with Gasteiger partial charge < -0.3 is 15.2 Å². The summed E-state index contributed by atoms with van der Waals surface area (Å²) in [7, 11) is 0. The van der Waals surface area contributed by atoms with Gasteiger partial charge in [0.25, 0.3) is 0 Å². The Morgan fingerprint density at radius 1 is 1.25 bits per heavy atom. The van der Waals surface area contributed by atoms with Gasteiger partial charge in [-0.15, -0.1) is 0 Å². The zero-order valence-electron chi connectivity index (χ0n) is 9.90. The number of nitrogen functional groups attached to an aromatic ring is 1. The third kappa shape index (κ3) is 4.44. The number of aromatic nitrogens is 2. The minimum atomic E-state index is 0.449. The van der Waals surface area contributed by atoms with E-state index in [-0.39, 0.29) is 0 Å². The van der Waals surface area contributed by atoms with E-state index >= 15 is 0 Å². The Labute approximate surface area is 96.0 Å². The minimum absolute atomic E-state index is 0.449. The van der Waals surface area contributed by atoms with Gasteiger partial charge in [0.1, 0.15) is 18.2 Å². The van der Waals surface area contributed by atoms with Gasteiger partial charge in [-0.05, 0) is 13.3 Å². The van der Waals surface area contributed by atoms with Crippen LogP contribution < -0.4 is 10.5 Å². The quantitative estimate of drug-likeness (QED) is 0.711. The van der Waals surface area contributed by atoms with Gasteiger partial charge in [0.15, 0.2) is 0 Å². The standard InChI is InChI=1S/C11H19N3O2/c1-3-5-10-13-9(12)8-11(14-10)16-7-6-15-4-2/h8H,3-7H2,1-2H3,(H2,12,13,14). The molecule has 0 spiro atoms. The van der Waals surface area contributed by atoms with Crippen molar-refractivity contribution in [2.45, 2.75) is 26.7 Å². The zero-order valence-corrected chi connectivity index (χ0v) is 9.90. The molecule has 0 unspecified atom stereocenters. The molecule has 0 aromatic carbocycles. The third-order valence-electron chi connectivity index (χ3n) is 1.92. The maximum absolute atomic E-state index is 5.66. The lowest BCUT2D eigenvalue weighted by atomic mass is 10.3. The van der Waals surface area contributed by atoms with Crippen LogP contribution in [0.1, 0.15) is 26.1 Å². The molecule has 2 N–H and O–H groups in total. The van der Waals surface area contributed by atoms with Gasteiger partial charge in [0, 0.05) is 19.1 Å². The van der Waals surface area contributed by atoms with Crippen molar-refractivity contribution in [3.8, 4) is 5.88 Å². The number of nitrogens with zero attached hydrogens (tertiary/aromatic N) is 2. The van der Waals surface area contributed by atoms with Gasteiger partial charge in [-0.1, -0.05) is 6.92 Å². The number of rotatable bonds is 7. The lowest BCUT2D eigenvalue weighted by Crippen LogP contribution is -2.09. The smallest absolute Gasteiger partial charge is 0.218 e. The maximum Gasteiger partial charge on any atom is 0.218 e. The van der Waals surface area contributed by atoms with Crippen molar-refractivity contribution >= 4 is 5.82 Å². The van der Waals surface area contributed by atoms with Crippen molar-refractivity contribution in [3.05, 3.63) is 11.9 Å². The number of anilines is 1. The van der Waals surface area contributed by atoms with Crippen molar-refractivity contribution in [1.82, 2.24) is 9.97 Å². The van der Waals surface area contributed by atoms with E-state index in [0.29, 0.717) is 31.5 Å². The SMILES string of the molecule is CCCc1nc(N)cc(OCCOCC)n1. The van der Waals surface area contributed by atoms with E-state index in [1.165, 1.54) is 0 Å². The van der Waals surface area contributed by atoms with E-state index in [4.69, 9.17) is 15.2 Å². The Morgan fingerprint density at radius 2 is 2.06 bits per heavy atom. The van der Waals surface area contributed by atoms with Crippen LogP contribution in [0.3, 0.4) is 0 Å². The van der Waals surface area contributed by atoms with Crippen LogP contribution >= 0.6 is 0 Å². The molecule has 5 nitrogen and oxygen atoms in total. The van der Waals surface area contributed by atoms with Crippen LogP contribution in [0.2, 0.25) is 0 Å². The molecule has 0 amide bonds. The Kier molecular flexibility index (Phi) is 5.56. The van der Waals surface area contributed by atoms with Gasteiger partial charge in [0.2, 0.25) is 5.88 Å². The molecular weight excluding hydrogens is 206 g/mol.